The van der Waals surface area contributed by atoms with Crippen molar-refractivity contribution in [1.82, 2.24) is 0 Å². The Bertz CT molecular complexity index is 357. The van der Waals surface area contributed by atoms with Crippen LogP contribution in [-0.2, 0) is 9.53 Å². The first-order valence-electron chi connectivity index (χ1n) is 5.20. The first-order valence-corrected chi connectivity index (χ1v) is 5.20. The number of hydrogen-bond acceptors (Lipinski definition) is 2. The fraction of sp³-hybridized carbons (Fsp3) is 0.417. The topological polar surface area (TPSA) is 26.3 Å². The first-order chi connectivity index (χ1) is 7.61. The Morgan fingerprint density at radius 2 is 1.88 bits per heavy atom. The number of carbonyl (C=O) groups is 1. The van der Waals surface area contributed by atoms with E-state index in [-0.39, 0.29) is 24.4 Å². The van der Waals surface area contributed by atoms with Crippen molar-refractivity contribution in [3.63, 3.8) is 0 Å². The zero-order valence-corrected chi connectivity index (χ0v) is 9.30. The van der Waals surface area contributed by atoms with E-state index in [9.17, 15) is 13.6 Å². The quantitative estimate of drug-likeness (QED) is 0.774. The third-order valence-corrected chi connectivity index (χ3v) is 2.24. The second kappa shape index (κ2) is 5.70. The zero-order chi connectivity index (χ0) is 12.1. The van der Waals surface area contributed by atoms with Crippen molar-refractivity contribution in [2.24, 2.45) is 0 Å². The highest BCUT2D eigenvalue weighted by molar-refractivity contribution is 5.84. The van der Waals surface area contributed by atoms with Gasteiger partial charge in [-0.3, -0.25) is 4.79 Å². The molecule has 1 atom stereocenters. The molecule has 1 aromatic rings. The molecule has 0 N–H and O–H groups in total. The second-order valence-electron chi connectivity index (χ2n) is 3.29. The largest absolute Gasteiger partial charge is 0.366 e. The Labute approximate surface area is 93.2 Å². The molecule has 0 amide bonds. The highest BCUT2D eigenvalue weighted by atomic mass is 19.1. The number of rotatable bonds is 5. The monoisotopic (exact) mass is 228 g/mol. The Morgan fingerprint density at radius 1 is 1.31 bits per heavy atom. The van der Waals surface area contributed by atoms with Crippen LogP contribution in [0.4, 0.5) is 8.78 Å². The summed E-state index contributed by atoms with van der Waals surface area (Å²) < 4.78 is 32.0. The van der Waals surface area contributed by atoms with Gasteiger partial charge in [0, 0.05) is 13.0 Å². The molecule has 0 aromatic heterocycles. The average Bonchev–Trinajstić information content (AvgIpc) is 2.26. The SMILES string of the molecule is CCOC(C(=O)CC)c1c(F)cccc1F. The number of benzene rings is 1. The predicted molar refractivity (Wildman–Crippen MR) is 56.0 cm³/mol. The van der Waals surface area contributed by atoms with E-state index in [2.05, 4.69) is 0 Å². The van der Waals surface area contributed by atoms with Crippen LogP contribution in [0, 0.1) is 11.6 Å². The smallest absolute Gasteiger partial charge is 0.166 e. The fourth-order valence-corrected chi connectivity index (χ4v) is 1.45. The number of carbonyl (C=O) groups excluding carboxylic acids is 1. The van der Waals surface area contributed by atoms with E-state index in [1.165, 1.54) is 6.07 Å². The van der Waals surface area contributed by atoms with Crippen molar-refractivity contribution in [2.45, 2.75) is 26.4 Å². The van der Waals surface area contributed by atoms with Crippen LogP contribution in [0.5, 0.6) is 0 Å². The molecule has 0 heterocycles. The molecule has 0 saturated heterocycles. The molecule has 1 unspecified atom stereocenters. The van der Waals surface area contributed by atoms with E-state index < -0.39 is 17.7 Å². The lowest BCUT2D eigenvalue weighted by Gasteiger charge is -2.16. The summed E-state index contributed by atoms with van der Waals surface area (Å²) in [5.41, 5.74) is -0.295. The van der Waals surface area contributed by atoms with Gasteiger partial charge in [-0.2, -0.15) is 0 Å². The number of Topliss-reactive ketones (excluding diaryl/α,β-unsaturated/α-hetero) is 1. The molecule has 2 nitrogen and oxygen atoms in total. The summed E-state index contributed by atoms with van der Waals surface area (Å²) in [6.07, 6.45) is -0.963. The molecule has 1 rings (SSSR count). The summed E-state index contributed by atoms with van der Waals surface area (Å²) >= 11 is 0. The number of ether oxygens (including phenoxy) is 1. The van der Waals surface area contributed by atoms with Crippen molar-refractivity contribution in [3.05, 3.63) is 35.4 Å². The maximum absolute atomic E-state index is 13.4. The number of ketones is 1. The lowest BCUT2D eigenvalue weighted by Crippen LogP contribution is -2.18. The van der Waals surface area contributed by atoms with E-state index in [1.54, 1.807) is 13.8 Å². The molecule has 0 aliphatic carbocycles. The van der Waals surface area contributed by atoms with Crippen LogP contribution in [0.1, 0.15) is 31.9 Å². The summed E-state index contributed by atoms with van der Waals surface area (Å²) in [5.74, 6) is -1.83. The summed E-state index contributed by atoms with van der Waals surface area (Å²) in [5, 5.41) is 0. The average molecular weight is 228 g/mol. The van der Waals surface area contributed by atoms with Crippen molar-refractivity contribution in [3.8, 4) is 0 Å². The summed E-state index contributed by atoms with van der Waals surface area (Å²) in [4.78, 5) is 11.5. The molecular weight excluding hydrogens is 214 g/mol. The molecule has 88 valence electrons. The third kappa shape index (κ3) is 2.64. The van der Waals surface area contributed by atoms with Crippen molar-refractivity contribution in [1.29, 1.82) is 0 Å². The second-order valence-corrected chi connectivity index (χ2v) is 3.29. The van der Waals surface area contributed by atoms with Crippen LogP contribution < -0.4 is 0 Å². The van der Waals surface area contributed by atoms with Crippen LogP contribution in [0.2, 0.25) is 0 Å². The Morgan fingerprint density at radius 3 is 2.31 bits per heavy atom. The molecular formula is C12H14F2O2. The highest BCUT2D eigenvalue weighted by Gasteiger charge is 2.25. The van der Waals surface area contributed by atoms with Crippen LogP contribution in [0.3, 0.4) is 0 Å². The summed E-state index contributed by atoms with van der Waals surface area (Å²) in [6.45, 7) is 3.53. The maximum atomic E-state index is 13.4. The van der Waals surface area contributed by atoms with E-state index in [0.717, 1.165) is 12.1 Å². The van der Waals surface area contributed by atoms with Gasteiger partial charge >= 0.3 is 0 Å². The molecule has 4 heteroatoms. The van der Waals surface area contributed by atoms with Crippen LogP contribution in [-0.4, -0.2) is 12.4 Å². The third-order valence-electron chi connectivity index (χ3n) is 2.24. The molecule has 0 saturated carbocycles. The van der Waals surface area contributed by atoms with Gasteiger partial charge in [-0.15, -0.1) is 0 Å². The van der Waals surface area contributed by atoms with E-state index in [1.807, 2.05) is 0 Å². The van der Waals surface area contributed by atoms with Crippen molar-refractivity contribution >= 4 is 5.78 Å². The molecule has 0 radical (unpaired) electrons. The normalized spacial score (nSPS) is 12.5. The standard InChI is InChI=1S/C12H14F2O2/c1-3-10(15)12(16-4-2)11-8(13)6-5-7-9(11)14/h5-7,12H,3-4H2,1-2H3. The highest BCUT2D eigenvalue weighted by Crippen LogP contribution is 2.25. The Hall–Kier alpha value is -1.29. The lowest BCUT2D eigenvalue weighted by molar-refractivity contribution is -0.130. The minimum absolute atomic E-state index is 0.179. The van der Waals surface area contributed by atoms with Gasteiger partial charge in [0.15, 0.2) is 5.78 Å². The minimum Gasteiger partial charge on any atom is -0.366 e. The summed E-state index contributed by atoms with van der Waals surface area (Å²) in [7, 11) is 0. The molecule has 0 bridgehead atoms. The van der Waals surface area contributed by atoms with E-state index >= 15 is 0 Å². The molecule has 0 aliphatic heterocycles. The van der Waals surface area contributed by atoms with Gasteiger partial charge in [0.25, 0.3) is 0 Å². The van der Waals surface area contributed by atoms with E-state index in [4.69, 9.17) is 4.74 Å². The number of halogens is 2. The van der Waals surface area contributed by atoms with Gasteiger partial charge in [0.1, 0.15) is 17.7 Å². The van der Waals surface area contributed by atoms with Gasteiger partial charge in [-0.25, -0.2) is 8.78 Å². The lowest BCUT2D eigenvalue weighted by atomic mass is 10.0. The molecule has 0 spiro atoms. The Balaban J connectivity index is 3.15. The van der Waals surface area contributed by atoms with Crippen LogP contribution in [0.25, 0.3) is 0 Å². The molecule has 16 heavy (non-hydrogen) atoms. The van der Waals surface area contributed by atoms with Crippen LogP contribution in [0.15, 0.2) is 18.2 Å². The number of hydrogen-bond donors (Lipinski definition) is 0. The van der Waals surface area contributed by atoms with Gasteiger partial charge in [-0.05, 0) is 19.1 Å². The molecule has 0 fully saturated rings. The maximum Gasteiger partial charge on any atom is 0.166 e. The van der Waals surface area contributed by atoms with Gasteiger partial charge in [0.05, 0.1) is 5.56 Å². The minimum atomic E-state index is -1.14. The first kappa shape index (κ1) is 12.8. The Kier molecular flexibility index (Phi) is 4.55. The van der Waals surface area contributed by atoms with Crippen LogP contribution >= 0.6 is 0 Å². The summed E-state index contributed by atoms with van der Waals surface area (Å²) in [6, 6.07) is 3.49. The van der Waals surface area contributed by atoms with Gasteiger partial charge < -0.3 is 4.74 Å². The van der Waals surface area contributed by atoms with E-state index in [0.29, 0.717) is 0 Å². The van der Waals surface area contributed by atoms with Crippen molar-refractivity contribution in [2.75, 3.05) is 6.61 Å². The zero-order valence-electron chi connectivity index (χ0n) is 9.30. The molecule has 0 aliphatic rings. The predicted octanol–water partition coefficient (Wildman–Crippen LogP) is 3.02. The molecule has 1 aromatic carbocycles. The fourth-order valence-electron chi connectivity index (χ4n) is 1.45. The van der Waals surface area contributed by atoms with Gasteiger partial charge in [0.2, 0.25) is 0 Å². The van der Waals surface area contributed by atoms with Gasteiger partial charge in [-0.1, -0.05) is 13.0 Å². The van der Waals surface area contributed by atoms with Crippen molar-refractivity contribution < 1.29 is 18.3 Å².